The SMILES string of the molecule is COc1ccccc1C(C)NC(=O)CN1CCCC(C(=O)Nc2ccccc2)C1. The first-order chi connectivity index (χ1) is 14.1. The maximum Gasteiger partial charge on any atom is 0.234 e. The van der Waals surface area contributed by atoms with Crippen molar-refractivity contribution in [3.8, 4) is 5.75 Å². The number of benzene rings is 2. The molecule has 1 fully saturated rings. The molecule has 29 heavy (non-hydrogen) atoms. The van der Waals surface area contributed by atoms with Gasteiger partial charge in [-0.1, -0.05) is 36.4 Å². The third-order valence-corrected chi connectivity index (χ3v) is 5.27. The van der Waals surface area contributed by atoms with Gasteiger partial charge in [-0.2, -0.15) is 0 Å². The van der Waals surface area contributed by atoms with Crippen LogP contribution in [0, 0.1) is 5.92 Å². The summed E-state index contributed by atoms with van der Waals surface area (Å²) in [6.45, 7) is 3.65. The van der Waals surface area contributed by atoms with Crippen LogP contribution in [-0.4, -0.2) is 43.5 Å². The lowest BCUT2D eigenvalue weighted by Gasteiger charge is -2.31. The van der Waals surface area contributed by atoms with Gasteiger partial charge >= 0.3 is 0 Å². The zero-order valence-corrected chi connectivity index (χ0v) is 17.1. The van der Waals surface area contributed by atoms with Crippen LogP contribution in [0.1, 0.15) is 31.4 Å². The van der Waals surface area contributed by atoms with Crippen molar-refractivity contribution >= 4 is 17.5 Å². The van der Waals surface area contributed by atoms with E-state index in [4.69, 9.17) is 4.74 Å². The molecule has 0 spiro atoms. The van der Waals surface area contributed by atoms with E-state index in [1.165, 1.54) is 0 Å². The van der Waals surface area contributed by atoms with Gasteiger partial charge in [0.2, 0.25) is 11.8 Å². The highest BCUT2D eigenvalue weighted by Crippen LogP contribution is 2.24. The normalized spacial score (nSPS) is 17.9. The van der Waals surface area contributed by atoms with Crippen LogP contribution in [0.15, 0.2) is 54.6 Å². The highest BCUT2D eigenvalue weighted by molar-refractivity contribution is 5.92. The van der Waals surface area contributed by atoms with E-state index < -0.39 is 0 Å². The molecule has 0 aliphatic carbocycles. The Morgan fingerprint density at radius 1 is 1.14 bits per heavy atom. The molecule has 0 bridgehead atoms. The van der Waals surface area contributed by atoms with E-state index in [9.17, 15) is 9.59 Å². The maximum absolute atomic E-state index is 12.6. The Balaban J connectivity index is 1.52. The summed E-state index contributed by atoms with van der Waals surface area (Å²) in [5.41, 5.74) is 1.75. The van der Waals surface area contributed by atoms with Crippen molar-refractivity contribution in [3.63, 3.8) is 0 Å². The number of methoxy groups -OCH3 is 1. The Kier molecular flexibility index (Phi) is 7.25. The number of hydrogen-bond acceptors (Lipinski definition) is 4. The van der Waals surface area contributed by atoms with E-state index >= 15 is 0 Å². The number of carbonyl (C=O) groups excluding carboxylic acids is 2. The van der Waals surface area contributed by atoms with Crippen LogP contribution >= 0.6 is 0 Å². The molecule has 1 heterocycles. The number of likely N-dealkylation sites (tertiary alicyclic amines) is 1. The molecule has 2 amide bonds. The van der Waals surface area contributed by atoms with Crippen molar-refractivity contribution in [2.45, 2.75) is 25.8 Å². The number of nitrogens with zero attached hydrogens (tertiary/aromatic N) is 1. The first-order valence-electron chi connectivity index (χ1n) is 10.1. The van der Waals surface area contributed by atoms with Gasteiger partial charge in [-0.3, -0.25) is 14.5 Å². The quantitative estimate of drug-likeness (QED) is 0.755. The van der Waals surface area contributed by atoms with Crippen molar-refractivity contribution in [2.24, 2.45) is 5.92 Å². The molecular weight excluding hydrogens is 366 g/mol. The van der Waals surface area contributed by atoms with Gasteiger partial charge < -0.3 is 15.4 Å². The van der Waals surface area contributed by atoms with Crippen LogP contribution < -0.4 is 15.4 Å². The molecular formula is C23H29N3O3. The molecule has 0 saturated carbocycles. The second kappa shape index (κ2) is 10.1. The molecule has 6 heteroatoms. The van der Waals surface area contributed by atoms with Crippen molar-refractivity contribution < 1.29 is 14.3 Å². The van der Waals surface area contributed by atoms with Gasteiger partial charge in [0.05, 0.1) is 25.6 Å². The van der Waals surface area contributed by atoms with Gasteiger partial charge in [0, 0.05) is 17.8 Å². The molecule has 1 aliphatic heterocycles. The van der Waals surface area contributed by atoms with E-state index in [2.05, 4.69) is 15.5 Å². The van der Waals surface area contributed by atoms with Gasteiger partial charge in [-0.05, 0) is 44.5 Å². The van der Waals surface area contributed by atoms with E-state index in [1.54, 1.807) is 7.11 Å². The van der Waals surface area contributed by atoms with Crippen LogP contribution in [0.5, 0.6) is 5.75 Å². The molecule has 2 aromatic carbocycles. The van der Waals surface area contributed by atoms with Gasteiger partial charge in [-0.15, -0.1) is 0 Å². The molecule has 154 valence electrons. The topological polar surface area (TPSA) is 70.7 Å². The van der Waals surface area contributed by atoms with Gasteiger partial charge in [-0.25, -0.2) is 0 Å². The first-order valence-corrected chi connectivity index (χ1v) is 10.1. The molecule has 0 radical (unpaired) electrons. The summed E-state index contributed by atoms with van der Waals surface area (Å²) >= 11 is 0. The van der Waals surface area contributed by atoms with E-state index in [-0.39, 0.29) is 30.3 Å². The minimum absolute atomic E-state index is 0.0173. The van der Waals surface area contributed by atoms with Crippen molar-refractivity contribution in [1.82, 2.24) is 10.2 Å². The number of piperidine rings is 1. The Morgan fingerprint density at radius 2 is 1.86 bits per heavy atom. The third kappa shape index (κ3) is 5.81. The fraction of sp³-hybridized carbons (Fsp3) is 0.391. The van der Waals surface area contributed by atoms with Crippen LogP contribution in [-0.2, 0) is 9.59 Å². The molecule has 2 unspecified atom stereocenters. The molecule has 6 nitrogen and oxygen atoms in total. The largest absolute Gasteiger partial charge is 0.496 e. The number of amides is 2. The lowest BCUT2D eigenvalue weighted by Crippen LogP contribution is -2.45. The van der Waals surface area contributed by atoms with Crippen LogP contribution in [0.4, 0.5) is 5.69 Å². The molecule has 1 aliphatic rings. The Bertz CT molecular complexity index is 825. The third-order valence-electron chi connectivity index (χ3n) is 5.27. The zero-order valence-electron chi connectivity index (χ0n) is 17.1. The van der Waals surface area contributed by atoms with Crippen molar-refractivity contribution in [3.05, 3.63) is 60.2 Å². The standard InChI is InChI=1S/C23H29N3O3/c1-17(20-12-6-7-13-21(20)29-2)24-22(27)16-26-14-8-9-18(15-26)23(28)25-19-10-4-3-5-11-19/h3-7,10-13,17-18H,8-9,14-16H2,1-2H3,(H,24,27)(H,25,28). The predicted molar refractivity (Wildman–Crippen MR) is 114 cm³/mol. The Hall–Kier alpha value is -2.86. The lowest BCUT2D eigenvalue weighted by molar-refractivity contribution is -0.126. The second-order valence-corrected chi connectivity index (χ2v) is 7.46. The van der Waals surface area contributed by atoms with Crippen LogP contribution in [0.3, 0.4) is 0 Å². The second-order valence-electron chi connectivity index (χ2n) is 7.46. The molecule has 1 saturated heterocycles. The average molecular weight is 396 g/mol. The van der Waals surface area contributed by atoms with Crippen LogP contribution in [0.25, 0.3) is 0 Å². The first kappa shape index (κ1) is 20.9. The smallest absolute Gasteiger partial charge is 0.234 e. The number of nitrogens with one attached hydrogen (secondary N) is 2. The summed E-state index contributed by atoms with van der Waals surface area (Å²) in [6.07, 6.45) is 1.75. The highest BCUT2D eigenvalue weighted by Gasteiger charge is 2.27. The number of anilines is 1. The number of para-hydroxylation sites is 2. The summed E-state index contributed by atoms with van der Waals surface area (Å²) in [4.78, 5) is 27.2. The van der Waals surface area contributed by atoms with E-state index in [1.807, 2.05) is 61.5 Å². The predicted octanol–water partition coefficient (Wildman–Crippen LogP) is 3.22. The molecule has 0 aromatic heterocycles. The van der Waals surface area contributed by atoms with E-state index in [0.717, 1.165) is 36.4 Å². The van der Waals surface area contributed by atoms with Gasteiger partial charge in [0.1, 0.15) is 5.75 Å². The number of carbonyl (C=O) groups is 2. The molecule has 2 N–H and O–H groups in total. The minimum atomic E-state index is -0.152. The Labute approximate surface area is 172 Å². The summed E-state index contributed by atoms with van der Waals surface area (Å²) < 4.78 is 5.38. The summed E-state index contributed by atoms with van der Waals surface area (Å²) in [6, 6.07) is 17.0. The van der Waals surface area contributed by atoms with E-state index in [0.29, 0.717) is 6.54 Å². The number of hydrogen-bond donors (Lipinski definition) is 2. The maximum atomic E-state index is 12.6. The summed E-state index contributed by atoms with van der Waals surface area (Å²) in [7, 11) is 1.63. The lowest BCUT2D eigenvalue weighted by atomic mass is 9.97. The fourth-order valence-corrected chi connectivity index (χ4v) is 3.77. The number of ether oxygens (including phenoxy) is 1. The zero-order chi connectivity index (χ0) is 20.6. The highest BCUT2D eigenvalue weighted by atomic mass is 16.5. The fourth-order valence-electron chi connectivity index (χ4n) is 3.77. The molecule has 3 rings (SSSR count). The van der Waals surface area contributed by atoms with Crippen LogP contribution in [0.2, 0.25) is 0 Å². The van der Waals surface area contributed by atoms with Gasteiger partial charge in [0.25, 0.3) is 0 Å². The number of rotatable bonds is 7. The molecule has 2 atom stereocenters. The minimum Gasteiger partial charge on any atom is -0.496 e. The summed E-state index contributed by atoms with van der Waals surface area (Å²) in [5.74, 6) is 0.621. The average Bonchev–Trinajstić information content (AvgIpc) is 2.74. The molecule has 2 aromatic rings. The van der Waals surface area contributed by atoms with Crippen molar-refractivity contribution in [2.75, 3.05) is 32.1 Å². The van der Waals surface area contributed by atoms with Gasteiger partial charge in [0.15, 0.2) is 0 Å². The van der Waals surface area contributed by atoms with Crippen molar-refractivity contribution in [1.29, 1.82) is 0 Å². The monoisotopic (exact) mass is 395 g/mol. The Morgan fingerprint density at radius 3 is 2.62 bits per heavy atom. The summed E-state index contributed by atoms with van der Waals surface area (Å²) in [5, 5.41) is 6.01.